The first-order chi connectivity index (χ1) is 13.9. The second kappa shape index (κ2) is 9.68. The van der Waals surface area contributed by atoms with Gasteiger partial charge in [0.15, 0.2) is 35.4 Å². The van der Waals surface area contributed by atoms with Crippen LogP contribution in [0.2, 0.25) is 0 Å². The molecule has 8 nitrogen and oxygen atoms in total. The van der Waals surface area contributed by atoms with Gasteiger partial charge in [-0.1, -0.05) is 6.07 Å². The summed E-state index contributed by atoms with van der Waals surface area (Å²) in [6.45, 7) is 1.28. The summed E-state index contributed by atoms with van der Waals surface area (Å²) in [5, 5.41) is 0. The van der Waals surface area contributed by atoms with Crippen molar-refractivity contribution >= 4 is 12.3 Å². The summed E-state index contributed by atoms with van der Waals surface area (Å²) in [4.78, 5) is 23.8. The van der Waals surface area contributed by atoms with E-state index in [-0.39, 0.29) is 17.1 Å². The number of rotatable bonds is 9. The first-order valence-electron chi connectivity index (χ1n) is 8.62. The number of ether oxygens (including phenoxy) is 6. The Bertz CT molecular complexity index is 891. The number of hydrogen-bond donors (Lipinski definition) is 0. The van der Waals surface area contributed by atoms with E-state index >= 15 is 0 Å². The maximum atomic E-state index is 11.9. The Morgan fingerprint density at radius 3 is 1.93 bits per heavy atom. The van der Waals surface area contributed by atoms with E-state index in [2.05, 4.69) is 0 Å². The molecular formula is C21H24O8. The second-order valence-corrected chi connectivity index (χ2v) is 5.87. The minimum absolute atomic E-state index is 0.218. The van der Waals surface area contributed by atoms with Gasteiger partial charge in [-0.3, -0.25) is 9.59 Å². The van der Waals surface area contributed by atoms with E-state index < -0.39 is 12.1 Å². The first kappa shape index (κ1) is 21.9. The number of methoxy groups -OCH3 is 5. The molecule has 0 aliphatic carbocycles. The number of carbonyl (C=O) groups excluding carboxylic acids is 2. The molecule has 0 aliphatic rings. The van der Waals surface area contributed by atoms with Crippen molar-refractivity contribution in [2.75, 3.05) is 35.5 Å². The predicted octanol–water partition coefficient (Wildman–Crippen LogP) is 3.19. The third kappa shape index (κ3) is 4.37. The fraction of sp³-hybridized carbons (Fsp3) is 0.333. The van der Waals surface area contributed by atoms with Gasteiger partial charge in [0.25, 0.3) is 0 Å². The molecule has 0 heterocycles. The van der Waals surface area contributed by atoms with Crippen molar-refractivity contribution in [1.82, 2.24) is 0 Å². The van der Waals surface area contributed by atoms with Gasteiger partial charge < -0.3 is 28.4 Å². The Morgan fingerprint density at radius 2 is 1.45 bits per heavy atom. The highest BCUT2D eigenvalue weighted by molar-refractivity contribution is 5.83. The minimum Gasteiger partial charge on any atom is -0.493 e. The summed E-state index contributed by atoms with van der Waals surface area (Å²) in [7, 11) is 7.33. The van der Waals surface area contributed by atoms with Crippen LogP contribution in [0.4, 0.5) is 0 Å². The summed E-state index contributed by atoms with van der Waals surface area (Å²) < 4.78 is 32.4. The summed E-state index contributed by atoms with van der Waals surface area (Å²) in [5.41, 5.74) is 1.09. The lowest BCUT2D eigenvalue weighted by Gasteiger charge is -2.24. The first-order valence-corrected chi connectivity index (χ1v) is 8.62. The van der Waals surface area contributed by atoms with E-state index in [1.807, 2.05) is 0 Å². The van der Waals surface area contributed by atoms with Crippen LogP contribution in [0.15, 0.2) is 24.3 Å². The van der Waals surface area contributed by atoms with Gasteiger partial charge >= 0.3 is 5.97 Å². The normalized spacial score (nSPS) is 11.2. The Balaban J connectivity index is 2.82. The molecule has 0 fully saturated rings. The molecule has 2 aromatic rings. The van der Waals surface area contributed by atoms with Gasteiger partial charge in [-0.05, 0) is 18.2 Å². The standard InChI is InChI=1S/C21H24O8/c1-12(23)29-19(13-7-8-15(24-2)16(9-13)25-3)18-14(11-22)10-17(26-4)20(27-5)21(18)28-6/h7-11,19H,1-6H3. The van der Waals surface area contributed by atoms with Crippen molar-refractivity contribution in [3.05, 3.63) is 41.0 Å². The van der Waals surface area contributed by atoms with Crippen LogP contribution in [0.25, 0.3) is 0 Å². The van der Waals surface area contributed by atoms with Gasteiger partial charge in [-0.15, -0.1) is 0 Å². The molecule has 0 aromatic heterocycles. The molecule has 2 rings (SSSR count). The van der Waals surface area contributed by atoms with Crippen LogP contribution in [-0.2, 0) is 9.53 Å². The third-order valence-corrected chi connectivity index (χ3v) is 4.28. The summed E-state index contributed by atoms with van der Waals surface area (Å²) in [5.74, 6) is 1.20. The van der Waals surface area contributed by atoms with E-state index in [1.54, 1.807) is 18.2 Å². The smallest absolute Gasteiger partial charge is 0.303 e. The van der Waals surface area contributed by atoms with Crippen LogP contribution in [0, 0.1) is 0 Å². The summed E-state index contributed by atoms with van der Waals surface area (Å²) >= 11 is 0. The number of aldehydes is 1. The van der Waals surface area contributed by atoms with Crippen LogP contribution in [-0.4, -0.2) is 47.8 Å². The monoisotopic (exact) mass is 404 g/mol. The molecule has 0 spiro atoms. The Hall–Kier alpha value is -3.42. The van der Waals surface area contributed by atoms with E-state index in [1.165, 1.54) is 48.5 Å². The van der Waals surface area contributed by atoms with Gasteiger partial charge in [0.1, 0.15) is 0 Å². The lowest BCUT2D eigenvalue weighted by atomic mass is 9.94. The summed E-state index contributed by atoms with van der Waals surface area (Å²) in [6.07, 6.45) is -0.334. The average Bonchev–Trinajstić information content (AvgIpc) is 2.75. The van der Waals surface area contributed by atoms with Gasteiger partial charge in [0.05, 0.1) is 41.1 Å². The maximum absolute atomic E-state index is 11.9. The van der Waals surface area contributed by atoms with E-state index in [4.69, 9.17) is 28.4 Å². The largest absolute Gasteiger partial charge is 0.493 e. The molecule has 0 bridgehead atoms. The lowest BCUT2D eigenvalue weighted by Crippen LogP contribution is -2.15. The third-order valence-electron chi connectivity index (χ3n) is 4.28. The Morgan fingerprint density at radius 1 is 0.828 bits per heavy atom. The lowest BCUT2D eigenvalue weighted by molar-refractivity contribution is -0.144. The molecule has 2 aromatic carbocycles. The van der Waals surface area contributed by atoms with Crippen molar-refractivity contribution in [2.24, 2.45) is 0 Å². The number of carbonyl (C=O) groups is 2. The highest BCUT2D eigenvalue weighted by atomic mass is 16.6. The minimum atomic E-state index is -0.970. The van der Waals surface area contributed by atoms with E-state index in [9.17, 15) is 9.59 Å². The fourth-order valence-corrected chi connectivity index (χ4v) is 3.04. The van der Waals surface area contributed by atoms with Crippen molar-refractivity contribution in [3.8, 4) is 28.7 Å². The van der Waals surface area contributed by atoms with E-state index in [0.717, 1.165) is 0 Å². The van der Waals surface area contributed by atoms with Crippen molar-refractivity contribution < 1.29 is 38.0 Å². The predicted molar refractivity (Wildman–Crippen MR) is 105 cm³/mol. The van der Waals surface area contributed by atoms with Crippen LogP contribution >= 0.6 is 0 Å². The topological polar surface area (TPSA) is 89.5 Å². The molecule has 0 amide bonds. The molecule has 0 aliphatic heterocycles. The van der Waals surface area contributed by atoms with Crippen LogP contribution < -0.4 is 23.7 Å². The molecule has 29 heavy (non-hydrogen) atoms. The van der Waals surface area contributed by atoms with Crippen LogP contribution in [0.3, 0.4) is 0 Å². The molecule has 1 atom stereocenters. The molecule has 0 N–H and O–H groups in total. The number of benzene rings is 2. The van der Waals surface area contributed by atoms with E-state index in [0.29, 0.717) is 34.7 Å². The summed E-state index contributed by atoms with van der Waals surface area (Å²) in [6, 6.07) is 6.55. The molecule has 0 radical (unpaired) electrons. The zero-order valence-corrected chi connectivity index (χ0v) is 17.2. The SMILES string of the molecule is COc1ccc(C(OC(C)=O)c2c(C=O)cc(OC)c(OC)c2OC)cc1OC. The molecule has 0 saturated carbocycles. The number of hydrogen-bond acceptors (Lipinski definition) is 8. The van der Waals surface area contributed by atoms with Gasteiger partial charge in [-0.2, -0.15) is 0 Å². The highest BCUT2D eigenvalue weighted by Crippen LogP contribution is 2.47. The molecule has 156 valence electrons. The molecule has 1 unspecified atom stereocenters. The Kier molecular flexibility index (Phi) is 7.30. The van der Waals surface area contributed by atoms with Crippen LogP contribution in [0.5, 0.6) is 28.7 Å². The van der Waals surface area contributed by atoms with Crippen molar-refractivity contribution in [1.29, 1.82) is 0 Å². The average molecular weight is 404 g/mol. The second-order valence-electron chi connectivity index (χ2n) is 5.87. The molecule has 0 saturated heterocycles. The highest BCUT2D eigenvalue weighted by Gasteiger charge is 2.30. The number of esters is 1. The van der Waals surface area contributed by atoms with Crippen molar-refractivity contribution in [2.45, 2.75) is 13.0 Å². The molecule has 8 heteroatoms. The Labute approximate surface area is 169 Å². The zero-order chi connectivity index (χ0) is 21.6. The van der Waals surface area contributed by atoms with Gasteiger partial charge in [-0.25, -0.2) is 0 Å². The quantitative estimate of drug-likeness (QED) is 0.465. The maximum Gasteiger partial charge on any atom is 0.303 e. The van der Waals surface area contributed by atoms with Gasteiger partial charge in [0.2, 0.25) is 5.75 Å². The van der Waals surface area contributed by atoms with Crippen LogP contribution in [0.1, 0.15) is 34.5 Å². The zero-order valence-electron chi connectivity index (χ0n) is 17.2. The van der Waals surface area contributed by atoms with Gasteiger partial charge in [0, 0.05) is 18.1 Å². The van der Waals surface area contributed by atoms with Crippen molar-refractivity contribution in [3.63, 3.8) is 0 Å². The fourth-order valence-electron chi connectivity index (χ4n) is 3.04. The molecular weight excluding hydrogens is 380 g/mol.